The van der Waals surface area contributed by atoms with Crippen LogP contribution in [0.2, 0.25) is 0 Å². The molecule has 1 fully saturated rings. The highest BCUT2D eigenvalue weighted by Crippen LogP contribution is 2.42. The molecule has 4 nitrogen and oxygen atoms in total. The minimum Gasteiger partial charge on any atom is -0.319 e. The van der Waals surface area contributed by atoms with E-state index in [2.05, 4.69) is 5.32 Å². The summed E-state index contributed by atoms with van der Waals surface area (Å²) in [5.41, 5.74) is 1.12. The predicted octanol–water partition coefficient (Wildman–Crippen LogP) is 3.75. The number of nitrogens with one attached hydrogen (secondary N) is 1. The maximum atomic E-state index is 13.1. The summed E-state index contributed by atoms with van der Waals surface area (Å²) < 4.78 is 0. The van der Waals surface area contributed by atoms with Crippen LogP contribution in [0.3, 0.4) is 0 Å². The lowest BCUT2D eigenvalue weighted by atomic mass is 9.80. The zero-order chi connectivity index (χ0) is 16.7. The highest BCUT2D eigenvalue weighted by atomic mass is 32.2. The molecule has 1 aliphatic heterocycles. The van der Waals surface area contributed by atoms with Gasteiger partial charge in [-0.05, 0) is 54.7 Å². The van der Waals surface area contributed by atoms with E-state index < -0.39 is 5.54 Å². The zero-order valence-corrected chi connectivity index (χ0v) is 15.0. The van der Waals surface area contributed by atoms with Crippen molar-refractivity contribution in [2.75, 3.05) is 6.26 Å². The monoisotopic (exact) mass is 358 g/mol. The number of carbonyl (C=O) groups is 2. The van der Waals surface area contributed by atoms with E-state index in [1.807, 2.05) is 42.0 Å². The summed E-state index contributed by atoms with van der Waals surface area (Å²) >= 11 is 3.35. The smallest absolute Gasteiger partial charge is 0.319 e. The number of urea groups is 1. The molecule has 0 bridgehead atoms. The molecule has 1 aromatic heterocycles. The van der Waals surface area contributed by atoms with Gasteiger partial charge in [-0.3, -0.25) is 9.69 Å². The first-order valence-corrected chi connectivity index (χ1v) is 10.1. The van der Waals surface area contributed by atoms with Gasteiger partial charge in [0.1, 0.15) is 5.54 Å². The van der Waals surface area contributed by atoms with Gasteiger partial charge in [0.15, 0.2) is 0 Å². The molecule has 124 valence electrons. The van der Waals surface area contributed by atoms with Crippen molar-refractivity contribution in [3.05, 3.63) is 51.7 Å². The van der Waals surface area contributed by atoms with Crippen LogP contribution in [0.15, 0.2) is 40.6 Å². The summed E-state index contributed by atoms with van der Waals surface area (Å²) in [5.74, 6) is -0.110. The van der Waals surface area contributed by atoms with Crippen LogP contribution < -0.4 is 5.32 Å². The summed E-state index contributed by atoms with van der Waals surface area (Å²) in [7, 11) is 0. The second kappa shape index (κ2) is 5.93. The molecule has 4 rings (SSSR count). The second-order valence-electron chi connectivity index (χ2n) is 6.19. The number of nitrogens with zero attached hydrogens (tertiary/aromatic N) is 1. The minimum atomic E-state index is -0.843. The lowest BCUT2D eigenvalue weighted by molar-refractivity contribution is -0.132. The average molecular weight is 358 g/mol. The van der Waals surface area contributed by atoms with Crippen LogP contribution in [0, 0.1) is 0 Å². The molecule has 24 heavy (non-hydrogen) atoms. The second-order valence-corrected chi connectivity index (χ2v) is 8.07. The number of aryl methyl sites for hydroxylation is 1. The first-order chi connectivity index (χ1) is 11.6. The van der Waals surface area contributed by atoms with Gasteiger partial charge < -0.3 is 5.32 Å². The molecule has 1 atom stereocenters. The Balaban J connectivity index is 1.63. The fourth-order valence-corrected chi connectivity index (χ4v) is 5.01. The standard InChI is InChI=1S/C18H18N2O2S2/c1-23-13-6-4-12(5-7-13)11-20-16(21)18(19-17(20)22)9-2-3-15-14(18)8-10-24-15/h4-8,10H,2-3,9,11H2,1H3,(H,19,22)/t18-/m0/s1. The van der Waals surface area contributed by atoms with E-state index in [4.69, 9.17) is 0 Å². The normalized spacial score (nSPS) is 22.8. The van der Waals surface area contributed by atoms with E-state index in [1.54, 1.807) is 23.1 Å². The van der Waals surface area contributed by atoms with Crippen molar-refractivity contribution < 1.29 is 9.59 Å². The maximum Gasteiger partial charge on any atom is 0.325 e. The van der Waals surface area contributed by atoms with Gasteiger partial charge in [-0.25, -0.2) is 4.79 Å². The maximum absolute atomic E-state index is 13.1. The first kappa shape index (κ1) is 15.7. The first-order valence-electron chi connectivity index (χ1n) is 7.98. The molecule has 1 aliphatic carbocycles. The molecule has 6 heteroatoms. The number of imide groups is 1. The van der Waals surface area contributed by atoms with Gasteiger partial charge in [-0.15, -0.1) is 23.1 Å². The van der Waals surface area contributed by atoms with E-state index in [0.29, 0.717) is 13.0 Å². The number of thiophene rings is 1. The van der Waals surface area contributed by atoms with Crippen molar-refractivity contribution in [3.8, 4) is 0 Å². The molecule has 2 aliphatic rings. The third-order valence-electron chi connectivity index (χ3n) is 4.84. The van der Waals surface area contributed by atoms with E-state index in [1.165, 1.54) is 14.7 Å². The molecule has 1 saturated heterocycles. The van der Waals surface area contributed by atoms with E-state index in [-0.39, 0.29) is 11.9 Å². The Hall–Kier alpha value is -1.79. The number of thioether (sulfide) groups is 1. The van der Waals surface area contributed by atoms with Crippen molar-refractivity contribution >= 4 is 35.0 Å². The van der Waals surface area contributed by atoms with Gasteiger partial charge >= 0.3 is 6.03 Å². The highest BCUT2D eigenvalue weighted by molar-refractivity contribution is 7.98. The van der Waals surface area contributed by atoms with Gasteiger partial charge in [0.25, 0.3) is 5.91 Å². The number of benzene rings is 1. The molecule has 3 amide bonds. The van der Waals surface area contributed by atoms with Crippen LogP contribution in [0.5, 0.6) is 0 Å². The minimum absolute atomic E-state index is 0.110. The average Bonchev–Trinajstić information content (AvgIpc) is 3.16. The van der Waals surface area contributed by atoms with Crippen molar-refractivity contribution in [2.45, 2.75) is 36.2 Å². The summed E-state index contributed by atoms with van der Waals surface area (Å²) in [6.07, 6.45) is 4.63. The summed E-state index contributed by atoms with van der Waals surface area (Å²) in [6, 6.07) is 9.71. The van der Waals surface area contributed by atoms with Crippen LogP contribution in [0.25, 0.3) is 0 Å². The van der Waals surface area contributed by atoms with Crippen LogP contribution >= 0.6 is 23.1 Å². The molecule has 1 N–H and O–H groups in total. The van der Waals surface area contributed by atoms with Crippen molar-refractivity contribution in [3.63, 3.8) is 0 Å². The number of carbonyl (C=O) groups excluding carboxylic acids is 2. The van der Waals surface area contributed by atoms with Crippen LogP contribution in [-0.2, 0) is 23.3 Å². The largest absolute Gasteiger partial charge is 0.325 e. The Bertz CT molecular complexity index is 800. The highest BCUT2D eigenvalue weighted by Gasteiger charge is 2.54. The van der Waals surface area contributed by atoms with Crippen molar-refractivity contribution in [1.29, 1.82) is 0 Å². The van der Waals surface area contributed by atoms with E-state index in [0.717, 1.165) is 24.0 Å². The molecule has 0 unspecified atom stereocenters. The lowest BCUT2D eigenvalue weighted by Gasteiger charge is -2.31. The van der Waals surface area contributed by atoms with Crippen LogP contribution in [0.1, 0.15) is 28.8 Å². The Morgan fingerprint density at radius 3 is 2.79 bits per heavy atom. The molecular formula is C18H18N2O2S2. The number of rotatable bonds is 3. The number of amides is 3. The number of hydrogen-bond donors (Lipinski definition) is 1. The Kier molecular flexibility index (Phi) is 3.89. The third kappa shape index (κ3) is 2.36. The van der Waals surface area contributed by atoms with E-state index in [9.17, 15) is 9.59 Å². The number of hydrogen-bond acceptors (Lipinski definition) is 4. The molecule has 2 aromatic rings. The topological polar surface area (TPSA) is 49.4 Å². The van der Waals surface area contributed by atoms with Gasteiger partial charge in [0, 0.05) is 15.3 Å². The predicted molar refractivity (Wildman–Crippen MR) is 96.2 cm³/mol. The van der Waals surface area contributed by atoms with Gasteiger partial charge in [0.05, 0.1) is 6.54 Å². The van der Waals surface area contributed by atoms with Crippen LogP contribution in [0.4, 0.5) is 4.79 Å². The van der Waals surface area contributed by atoms with Gasteiger partial charge in [0.2, 0.25) is 0 Å². The fraction of sp³-hybridized carbons (Fsp3) is 0.333. The summed E-state index contributed by atoms with van der Waals surface area (Å²) in [5, 5.41) is 5.01. The molecule has 1 spiro atoms. The lowest BCUT2D eigenvalue weighted by Crippen LogP contribution is -2.46. The van der Waals surface area contributed by atoms with Gasteiger partial charge in [-0.2, -0.15) is 0 Å². The molecular weight excluding hydrogens is 340 g/mol. The third-order valence-corrected chi connectivity index (χ3v) is 6.56. The zero-order valence-electron chi connectivity index (χ0n) is 13.4. The SMILES string of the molecule is CSc1ccc(CN2C(=O)N[C@]3(CCCc4sccc43)C2=O)cc1. The van der Waals surface area contributed by atoms with Crippen LogP contribution in [-0.4, -0.2) is 23.1 Å². The van der Waals surface area contributed by atoms with E-state index >= 15 is 0 Å². The van der Waals surface area contributed by atoms with Gasteiger partial charge in [-0.1, -0.05) is 12.1 Å². The molecule has 0 saturated carbocycles. The van der Waals surface area contributed by atoms with Crippen molar-refractivity contribution in [2.24, 2.45) is 0 Å². The fourth-order valence-electron chi connectivity index (χ4n) is 3.60. The molecule has 2 heterocycles. The quantitative estimate of drug-likeness (QED) is 0.671. The van der Waals surface area contributed by atoms with Crippen molar-refractivity contribution in [1.82, 2.24) is 10.2 Å². The Morgan fingerprint density at radius 1 is 1.25 bits per heavy atom. The summed E-state index contributed by atoms with van der Waals surface area (Å²) in [4.78, 5) is 29.4. The Labute approximate surface area is 149 Å². The molecule has 0 radical (unpaired) electrons. The summed E-state index contributed by atoms with van der Waals surface area (Å²) in [6.45, 7) is 0.320. The Morgan fingerprint density at radius 2 is 2.04 bits per heavy atom. The molecule has 1 aromatic carbocycles. The number of fused-ring (bicyclic) bond motifs is 2.